The molecule has 0 amide bonds. The fraction of sp³-hybridized carbons (Fsp3) is 0.464. The molecule has 0 saturated heterocycles. The van der Waals surface area contributed by atoms with Crippen LogP contribution in [-0.2, 0) is 0 Å². The Morgan fingerprint density at radius 2 is 1.82 bits per heavy atom. The standard InChI is InChI=1S/C28H36ClN5/c1-8-22(13-12-17(2)3)34(7)27-15-25-24(14-26(27)29)20(6)32-33-28(25)31-19(5)23-11-9-10-21(16-30)18(23)4/h9-11,14-15,17,19,22H,8,12-13H2,1-7H3,(H,31,33)/t19-,22?/m1/s1. The number of nitriles is 1. The molecular formula is C28H36ClN5. The van der Waals surface area contributed by atoms with E-state index >= 15 is 0 Å². The van der Waals surface area contributed by atoms with Crippen molar-refractivity contribution in [3.8, 4) is 6.07 Å². The van der Waals surface area contributed by atoms with Crippen molar-refractivity contribution in [3.63, 3.8) is 0 Å². The lowest BCUT2D eigenvalue weighted by molar-refractivity contribution is 0.476. The lowest BCUT2D eigenvalue weighted by Crippen LogP contribution is -2.31. The highest BCUT2D eigenvalue weighted by Gasteiger charge is 2.20. The van der Waals surface area contributed by atoms with Crippen LogP contribution in [0.3, 0.4) is 0 Å². The number of rotatable bonds is 9. The molecule has 0 saturated carbocycles. The van der Waals surface area contributed by atoms with Gasteiger partial charge in [-0.2, -0.15) is 10.4 Å². The Morgan fingerprint density at radius 1 is 1.09 bits per heavy atom. The van der Waals surface area contributed by atoms with Crippen molar-refractivity contribution in [1.29, 1.82) is 5.26 Å². The second-order valence-electron chi connectivity index (χ2n) is 9.63. The van der Waals surface area contributed by atoms with Crippen LogP contribution >= 0.6 is 11.6 Å². The monoisotopic (exact) mass is 477 g/mol. The van der Waals surface area contributed by atoms with Crippen LogP contribution in [0.1, 0.15) is 75.4 Å². The van der Waals surface area contributed by atoms with Crippen LogP contribution < -0.4 is 10.2 Å². The van der Waals surface area contributed by atoms with E-state index in [1.165, 1.54) is 6.42 Å². The number of benzene rings is 2. The van der Waals surface area contributed by atoms with E-state index in [-0.39, 0.29) is 6.04 Å². The summed E-state index contributed by atoms with van der Waals surface area (Å²) in [6.07, 6.45) is 3.37. The molecule has 1 unspecified atom stereocenters. The third kappa shape index (κ3) is 5.45. The van der Waals surface area contributed by atoms with Gasteiger partial charge < -0.3 is 10.2 Å². The average Bonchev–Trinajstić information content (AvgIpc) is 2.81. The number of anilines is 2. The first-order valence-electron chi connectivity index (χ1n) is 12.1. The number of fused-ring (bicyclic) bond motifs is 1. The van der Waals surface area contributed by atoms with E-state index in [2.05, 4.69) is 67.3 Å². The zero-order valence-electron chi connectivity index (χ0n) is 21.4. The second-order valence-corrected chi connectivity index (χ2v) is 10.0. The number of aromatic nitrogens is 2. The maximum atomic E-state index is 9.42. The molecule has 1 N–H and O–H groups in total. The van der Waals surface area contributed by atoms with E-state index in [9.17, 15) is 5.26 Å². The maximum Gasteiger partial charge on any atom is 0.157 e. The smallest absolute Gasteiger partial charge is 0.157 e. The first kappa shape index (κ1) is 25.8. The maximum absolute atomic E-state index is 9.42. The number of nitrogens with one attached hydrogen (secondary N) is 1. The highest BCUT2D eigenvalue weighted by Crippen LogP contribution is 2.37. The van der Waals surface area contributed by atoms with E-state index in [0.29, 0.717) is 17.5 Å². The van der Waals surface area contributed by atoms with Crippen LogP contribution in [0.2, 0.25) is 5.02 Å². The van der Waals surface area contributed by atoms with E-state index in [0.717, 1.165) is 57.0 Å². The van der Waals surface area contributed by atoms with Gasteiger partial charge in [0.05, 0.1) is 34.1 Å². The SMILES string of the molecule is CCC(CCC(C)C)N(C)c1cc2c(N[C@H](C)c3cccc(C#N)c3C)nnc(C)c2cc1Cl. The van der Waals surface area contributed by atoms with E-state index in [1.807, 2.05) is 38.1 Å². The summed E-state index contributed by atoms with van der Waals surface area (Å²) < 4.78 is 0. The average molecular weight is 478 g/mol. The second kappa shape index (κ2) is 11.1. The van der Waals surface area contributed by atoms with Crippen molar-refractivity contribution >= 4 is 33.9 Å². The molecule has 0 bridgehead atoms. The van der Waals surface area contributed by atoms with Gasteiger partial charge in [0.25, 0.3) is 0 Å². The molecule has 0 spiro atoms. The Morgan fingerprint density at radius 3 is 2.47 bits per heavy atom. The predicted octanol–water partition coefficient (Wildman–Crippen LogP) is 7.60. The minimum atomic E-state index is -0.0419. The molecule has 2 atom stereocenters. The summed E-state index contributed by atoms with van der Waals surface area (Å²) in [7, 11) is 2.13. The summed E-state index contributed by atoms with van der Waals surface area (Å²) in [5, 5.41) is 24.6. The summed E-state index contributed by atoms with van der Waals surface area (Å²) in [4.78, 5) is 2.31. The van der Waals surface area contributed by atoms with Gasteiger partial charge in [0.1, 0.15) is 0 Å². The van der Waals surface area contributed by atoms with Gasteiger partial charge in [-0.05, 0) is 75.3 Å². The molecule has 3 aromatic rings. The molecule has 0 aliphatic carbocycles. The number of aryl methyl sites for hydroxylation is 1. The van der Waals surface area contributed by atoms with Crippen LogP contribution in [-0.4, -0.2) is 23.3 Å². The third-order valence-electron chi connectivity index (χ3n) is 6.82. The fourth-order valence-electron chi connectivity index (χ4n) is 4.59. The minimum absolute atomic E-state index is 0.0419. The molecule has 0 aliphatic heterocycles. The summed E-state index contributed by atoms with van der Waals surface area (Å²) in [5.74, 6) is 1.39. The molecule has 34 heavy (non-hydrogen) atoms. The summed E-state index contributed by atoms with van der Waals surface area (Å²) in [5.41, 5.74) is 4.59. The van der Waals surface area contributed by atoms with E-state index < -0.39 is 0 Å². The van der Waals surface area contributed by atoms with Crippen molar-refractivity contribution in [2.24, 2.45) is 5.92 Å². The van der Waals surface area contributed by atoms with Gasteiger partial charge in [-0.1, -0.05) is 44.5 Å². The van der Waals surface area contributed by atoms with Gasteiger partial charge >= 0.3 is 0 Å². The van der Waals surface area contributed by atoms with Crippen molar-refractivity contribution in [3.05, 3.63) is 57.7 Å². The molecule has 0 aliphatic rings. The number of nitrogens with zero attached hydrogens (tertiary/aromatic N) is 4. The van der Waals surface area contributed by atoms with Crippen LogP contribution in [0, 0.1) is 31.1 Å². The molecule has 1 aromatic heterocycles. The lowest BCUT2D eigenvalue weighted by Gasteiger charge is -2.31. The highest BCUT2D eigenvalue weighted by atomic mass is 35.5. The van der Waals surface area contributed by atoms with Gasteiger partial charge in [0.15, 0.2) is 5.82 Å². The van der Waals surface area contributed by atoms with Gasteiger partial charge in [0, 0.05) is 23.9 Å². The van der Waals surface area contributed by atoms with Crippen LogP contribution in [0.4, 0.5) is 11.5 Å². The predicted molar refractivity (Wildman–Crippen MR) is 144 cm³/mol. The van der Waals surface area contributed by atoms with E-state index in [1.54, 1.807) is 0 Å². The first-order chi connectivity index (χ1) is 16.2. The van der Waals surface area contributed by atoms with Gasteiger partial charge in [-0.3, -0.25) is 0 Å². The molecule has 3 rings (SSSR count). The zero-order valence-corrected chi connectivity index (χ0v) is 22.2. The van der Waals surface area contributed by atoms with Crippen LogP contribution in [0.25, 0.3) is 10.8 Å². The third-order valence-corrected chi connectivity index (χ3v) is 7.13. The molecule has 0 fully saturated rings. The lowest BCUT2D eigenvalue weighted by atomic mass is 9.98. The Kier molecular flexibility index (Phi) is 8.38. The van der Waals surface area contributed by atoms with Crippen molar-refractivity contribution < 1.29 is 0 Å². The Bertz CT molecular complexity index is 1200. The zero-order chi connectivity index (χ0) is 25.0. The van der Waals surface area contributed by atoms with Crippen molar-refractivity contribution in [1.82, 2.24) is 10.2 Å². The molecule has 180 valence electrons. The van der Waals surface area contributed by atoms with Crippen LogP contribution in [0.5, 0.6) is 0 Å². The summed E-state index contributed by atoms with van der Waals surface area (Å²) in [6.45, 7) is 12.8. The summed E-state index contributed by atoms with van der Waals surface area (Å²) in [6, 6.07) is 12.6. The topological polar surface area (TPSA) is 64.8 Å². The Labute approximate surface area is 209 Å². The normalized spacial score (nSPS) is 13.1. The van der Waals surface area contributed by atoms with Crippen molar-refractivity contribution in [2.45, 2.75) is 72.9 Å². The molecule has 1 heterocycles. The number of halogens is 1. The number of hydrogen-bond acceptors (Lipinski definition) is 5. The molecule has 2 aromatic carbocycles. The Balaban J connectivity index is 2.02. The minimum Gasteiger partial charge on any atom is -0.370 e. The van der Waals surface area contributed by atoms with Gasteiger partial charge in [-0.15, -0.1) is 5.10 Å². The largest absolute Gasteiger partial charge is 0.370 e. The highest BCUT2D eigenvalue weighted by molar-refractivity contribution is 6.34. The quantitative estimate of drug-likeness (QED) is 0.343. The Hall–Kier alpha value is -2.84. The van der Waals surface area contributed by atoms with Crippen molar-refractivity contribution in [2.75, 3.05) is 17.3 Å². The number of hydrogen-bond donors (Lipinski definition) is 1. The molecule has 5 nitrogen and oxygen atoms in total. The molecule has 6 heteroatoms. The van der Waals surface area contributed by atoms with E-state index in [4.69, 9.17) is 11.6 Å². The van der Waals surface area contributed by atoms with Gasteiger partial charge in [-0.25, -0.2) is 0 Å². The van der Waals surface area contributed by atoms with Crippen LogP contribution in [0.15, 0.2) is 30.3 Å². The van der Waals surface area contributed by atoms with Gasteiger partial charge in [0.2, 0.25) is 0 Å². The molecular weight excluding hydrogens is 442 g/mol. The first-order valence-corrected chi connectivity index (χ1v) is 12.5. The fourth-order valence-corrected chi connectivity index (χ4v) is 4.88. The summed E-state index contributed by atoms with van der Waals surface area (Å²) >= 11 is 6.80. The molecule has 0 radical (unpaired) electrons.